The van der Waals surface area contributed by atoms with Crippen molar-refractivity contribution in [2.45, 2.75) is 25.8 Å². The van der Waals surface area contributed by atoms with E-state index < -0.39 is 0 Å². The molecule has 1 aliphatic rings. The van der Waals surface area contributed by atoms with Crippen molar-refractivity contribution in [1.29, 1.82) is 5.26 Å². The Hall–Kier alpha value is -1.67. The van der Waals surface area contributed by atoms with E-state index in [1.807, 2.05) is 13.0 Å². The van der Waals surface area contributed by atoms with Crippen LogP contribution >= 0.6 is 11.3 Å². The highest BCUT2D eigenvalue weighted by Gasteiger charge is 2.23. The summed E-state index contributed by atoms with van der Waals surface area (Å²) in [5, 5.41) is 13.3. The first-order valence-electron chi connectivity index (χ1n) is 5.21. The fourth-order valence-corrected chi connectivity index (χ4v) is 2.50. The van der Waals surface area contributed by atoms with Crippen molar-refractivity contribution in [3.05, 3.63) is 16.8 Å². The zero-order chi connectivity index (χ0) is 11.1. The number of nitriles is 1. The third kappa shape index (κ3) is 1.61. The summed E-state index contributed by atoms with van der Waals surface area (Å²) < 4.78 is 0. The molecular formula is C11H10N4S. The molecule has 2 heterocycles. The van der Waals surface area contributed by atoms with E-state index >= 15 is 0 Å². The van der Waals surface area contributed by atoms with Gasteiger partial charge in [-0.15, -0.1) is 11.3 Å². The molecule has 2 aromatic heterocycles. The quantitative estimate of drug-likeness (QED) is 0.860. The van der Waals surface area contributed by atoms with Gasteiger partial charge in [-0.1, -0.05) is 0 Å². The van der Waals surface area contributed by atoms with Crippen LogP contribution in [-0.2, 0) is 0 Å². The third-order valence-electron chi connectivity index (χ3n) is 2.53. The minimum atomic E-state index is 0.248. The summed E-state index contributed by atoms with van der Waals surface area (Å²) >= 11 is 1.60. The van der Waals surface area contributed by atoms with Gasteiger partial charge in [0, 0.05) is 10.9 Å². The van der Waals surface area contributed by atoms with Crippen molar-refractivity contribution in [3.63, 3.8) is 0 Å². The Morgan fingerprint density at radius 2 is 2.31 bits per heavy atom. The van der Waals surface area contributed by atoms with E-state index in [0.29, 0.717) is 6.04 Å². The molecule has 0 aliphatic heterocycles. The number of hydrogen-bond acceptors (Lipinski definition) is 5. The zero-order valence-corrected chi connectivity index (χ0v) is 9.64. The molecule has 0 atom stereocenters. The maximum atomic E-state index is 8.88. The van der Waals surface area contributed by atoms with Crippen LogP contribution in [0.15, 0.2) is 6.07 Å². The second-order valence-electron chi connectivity index (χ2n) is 4.00. The van der Waals surface area contributed by atoms with Gasteiger partial charge < -0.3 is 5.32 Å². The van der Waals surface area contributed by atoms with Gasteiger partial charge in [0.1, 0.15) is 16.7 Å². The van der Waals surface area contributed by atoms with Gasteiger partial charge in [-0.05, 0) is 25.8 Å². The highest BCUT2D eigenvalue weighted by atomic mass is 32.1. The van der Waals surface area contributed by atoms with Gasteiger partial charge >= 0.3 is 0 Å². The molecular weight excluding hydrogens is 220 g/mol. The first-order chi connectivity index (χ1) is 7.76. The van der Waals surface area contributed by atoms with Crippen LogP contribution < -0.4 is 5.32 Å². The Morgan fingerprint density at radius 3 is 3.00 bits per heavy atom. The minimum Gasteiger partial charge on any atom is -0.367 e. The first-order valence-corrected chi connectivity index (χ1v) is 6.03. The van der Waals surface area contributed by atoms with Crippen LogP contribution in [0.1, 0.15) is 23.5 Å². The molecule has 3 rings (SSSR count). The number of hydrogen-bond donors (Lipinski definition) is 1. The van der Waals surface area contributed by atoms with Gasteiger partial charge in [0.05, 0.1) is 5.39 Å². The molecule has 0 aromatic carbocycles. The topological polar surface area (TPSA) is 61.6 Å². The van der Waals surface area contributed by atoms with Crippen molar-refractivity contribution in [2.75, 3.05) is 5.32 Å². The van der Waals surface area contributed by atoms with Gasteiger partial charge in [0.2, 0.25) is 5.82 Å². The number of fused-ring (bicyclic) bond motifs is 1. The predicted octanol–water partition coefficient (Wildman–Crippen LogP) is 2.45. The second-order valence-corrected chi connectivity index (χ2v) is 5.24. The monoisotopic (exact) mass is 230 g/mol. The summed E-state index contributed by atoms with van der Waals surface area (Å²) in [6.07, 6.45) is 2.38. The number of rotatable bonds is 2. The Kier molecular flexibility index (Phi) is 2.04. The highest BCUT2D eigenvalue weighted by Crippen LogP contribution is 2.31. The molecule has 0 spiro atoms. The zero-order valence-electron chi connectivity index (χ0n) is 8.82. The molecule has 80 valence electrons. The van der Waals surface area contributed by atoms with E-state index in [2.05, 4.69) is 21.4 Å². The summed E-state index contributed by atoms with van der Waals surface area (Å²) in [7, 11) is 0. The van der Waals surface area contributed by atoms with E-state index in [0.717, 1.165) is 16.0 Å². The molecule has 1 aliphatic carbocycles. The fraction of sp³-hybridized carbons (Fsp3) is 0.364. The highest BCUT2D eigenvalue weighted by molar-refractivity contribution is 7.18. The lowest BCUT2D eigenvalue weighted by atomic mass is 10.3. The van der Waals surface area contributed by atoms with Gasteiger partial charge in [-0.2, -0.15) is 5.26 Å². The van der Waals surface area contributed by atoms with Crippen LogP contribution in [0.4, 0.5) is 5.82 Å². The van der Waals surface area contributed by atoms with E-state index in [1.54, 1.807) is 11.3 Å². The average molecular weight is 230 g/mol. The largest absolute Gasteiger partial charge is 0.367 e. The lowest BCUT2D eigenvalue weighted by molar-refractivity contribution is 1.09. The van der Waals surface area contributed by atoms with Crippen molar-refractivity contribution >= 4 is 27.4 Å². The third-order valence-corrected chi connectivity index (χ3v) is 3.48. The lowest BCUT2D eigenvalue weighted by Gasteiger charge is -2.04. The van der Waals surface area contributed by atoms with Gasteiger partial charge in [-0.25, -0.2) is 9.97 Å². The van der Waals surface area contributed by atoms with E-state index in [4.69, 9.17) is 5.26 Å². The van der Waals surface area contributed by atoms with Crippen molar-refractivity contribution in [2.24, 2.45) is 0 Å². The van der Waals surface area contributed by atoms with Gasteiger partial charge in [0.15, 0.2) is 0 Å². The summed E-state index contributed by atoms with van der Waals surface area (Å²) in [4.78, 5) is 10.5. The maximum absolute atomic E-state index is 8.88. The second kappa shape index (κ2) is 3.42. The maximum Gasteiger partial charge on any atom is 0.235 e. The van der Waals surface area contributed by atoms with Crippen LogP contribution in [0.5, 0.6) is 0 Å². The smallest absolute Gasteiger partial charge is 0.235 e. The molecule has 4 nitrogen and oxygen atoms in total. The van der Waals surface area contributed by atoms with Crippen molar-refractivity contribution < 1.29 is 0 Å². The Labute approximate surface area is 97.0 Å². The Bertz CT molecular complexity index is 592. The number of nitrogens with one attached hydrogen (secondary N) is 1. The van der Waals surface area contributed by atoms with Crippen LogP contribution in [0, 0.1) is 18.3 Å². The summed E-state index contributed by atoms with van der Waals surface area (Å²) in [6.45, 7) is 2.04. The fourth-order valence-electron chi connectivity index (χ4n) is 1.62. The number of thiophene rings is 1. The number of anilines is 1. The first kappa shape index (κ1) is 9.55. The van der Waals surface area contributed by atoms with Gasteiger partial charge in [0.25, 0.3) is 0 Å². The molecule has 2 aromatic rings. The van der Waals surface area contributed by atoms with Crippen LogP contribution in [-0.4, -0.2) is 16.0 Å². The molecule has 5 heteroatoms. The molecule has 0 bridgehead atoms. The standard InChI is InChI=1S/C11H10N4S/c1-6-4-8-10(13-7-2-3-7)14-9(5-12)15-11(8)16-6/h4,7H,2-3H2,1H3,(H,13,14,15). The van der Waals surface area contributed by atoms with E-state index in [1.165, 1.54) is 17.7 Å². The SMILES string of the molecule is Cc1cc2c(NC3CC3)nc(C#N)nc2s1. The molecule has 0 amide bonds. The number of aryl methyl sites for hydroxylation is 1. The van der Waals surface area contributed by atoms with Crippen LogP contribution in [0.25, 0.3) is 10.2 Å². The van der Waals surface area contributed by atoms with E-state index in [-0.39, 0.29) is 5.82 Å². The normalized spacial score (nSPS) is 15.0. The molecule has 1 N–H and O–H groups in total. The number of aromatic nitrogens is 2. The molecule has 0 radical (unpaired) electrons. The molecule has 16 heavy (non-hydrogen) atoms. The Balaban J connectivity index is 2.17. The molecule has 0 unspecified atom stereocenters. The molecule has 1 saturated carbocycles. The number of nitrogens with zero attached hydrogens (tertiary/aromatic N) is 3. The van der Waals surface area contributed by atoms with Crippen LogP contribution in [0.3, 0.4) is 0 Å². The van der Waals surface area contributed by atoms with E-state index in [9.17, 15) is 0 Å². The Morgan fingerprint density at radius 1 is 1.50 bits per heavy atom. The molecule has 1 fully saturated rings. The van der Waals surface area contributed by atoms with Gasteiger partial charge in [-0.3, -0.25) is 0 Å². The predicted molar refractivity (Wildman–Crippen MR) is 63.5 cm³/mol. The summed E-state index contributed by atoms with van der Waals surface area (Å²) in [5.41, 5.74) is 0. The van der Waals surface area contributed by atoms with Crippen molar-refractivity contribution in [3.8, 4) is 6.07 Å². The van der Waals surface area contributed by atoms with Crippen molar-refractivity contribution in [1.82, 2.24) is 9.97 Å². The minimum absolute atomic E-state index is 0.248. The summed E-state index contributed by atoms with van der Waals surface area (Å²) in [6, 6.07) is 4.61. The van der Waals surface area contributed by atoms with Crippen LogP contribution in [0.2, 0.25) is 0 Å². The average Bonchev–Trinajstić information content (AvgIpc) is 2.98. The summed E-state index contributed by atoms with van der Waals surface area (Å²) in [5.74, 6) is 1.06. The molecule has 0 saturated heterocycles. The lowest BCUT2D eigenvalue weighted by Crippen LogP contribution is -2.05.